The van der Waals surface area contributed by atoms with Crippen LogP contribution >= 0.6 is 0 Å². The molecule has 0 bridgehead atoms. The van der Waals surface area contributed by atoms with Gasteiger partial charge in [-0.3, -0.25) is 0 Å². The molecule has 19 heavy (non-hydrogen) atoms. The summed E-state index contributed by atoms with van der Waals surface area (Å²) in [5.74, 6) is -0.370. The Bertz CT molecular complexity index is 513. The number of anilines is 1. The maximum Gasteiger partial charge on any atom is 0.151 e. The molecule has 2 aromatic rings. The molecule has 2 rings (SSSR count). The van der Waals surface area contributed by atoms with Crippen molar-refractivity contribution in [2.75, 3.05) is 12.3 Å². The number of hydrogen-bond donors (Lipinski definition) is 1. The monoisotopic (exact) mass is 259 g/mol. The molecule has 0 amide bonds. The van der Waals surface area contributed by atoms with E-state index in [1.807, 2.05) is 18.2 Å². The van der Waals surface area contributed by atoms with Crippen molar-refractivity contribution in [2.24, 2.45) is 0 Å². The Balaban J connectivity index is 1.71. The highest BCUT2D eigenvalue weighted by molar-refractivity contribution is 5.42. The van der Waals surface area contributed by atoms with Crippen LogP contribution in [0.3, 0.4) is 0 Å². The molecule has 2 nitrogen and oxygen atoms in total. The van der Waals surface area contributed by atoms with Crippen molar-refractivity contribution in [3.05, 3.63) is 65.5 Å². The van der Waals surface area contributed by atoms with Gasteiger partial charge in [-0.15, -0.1) is 0 Å². The van der Waals surface area contributed by atoms with Gasteiger partial charge in [0.15, 0.2) is 5.82 Å². The van der Waals surface area contributed by atoms with E-state index in [9.17, 15) is 4.39 Å². The normalized spacial score (nSPS) is 10.6. The second kappa shape index (κ2) is 6.90. The molecule has 0 fully saturated rings. The fourth-order valence-corrected chi connectivity index (χ4v) is 1.92. The zero-order valence-electron chi connectivity index (χ0n) is 10.8. The average Bonchev–Trinajstić information content (AvgIpc) is 2.44. The van der Waals surface area contributed by atoms with Gasteiger partial charge in [0.2, 0.25) is 0 Å². The predicted octanol–water partition coefficient (Wildman–Crippen LogP) is 3.56. The number of nitrogen functional groups attached to an aromatic ring is 1. The smallest absolute Gasteiger partial charge is 0.151 e. The molecule has 0 aliphatic rings. The third kappa shape index (κ3) is 4.07. The summed E-state index contributed by atoms with van der Waals surface area (Å²) < 4.78 is 19.1. The van der Waals surface area contributed by atoms with Crippen molar-refractivity contribution in [1.82, 2.24) is 0 Å². The van der Waals surface area contributed by atoms with Crippen LogP contribution in [-0.4, -0.2) is 6.61 Å². The summed E-state index contributed by atoms with van der Waals surface area (Å²) in [6.45, 7) is 0.884. The topological polar surface area (TPSA) is 35.2 Å². The molecule has 2 N–H and O–H groups in total. The van der Waals surface area contributed by atoms with E-state index in [1.54, 1.807) is 18.2 Å². The van der Waals surface area contributed by atoms with Crippen LogP contribution in [0.5, 0.6) is 0 Å². The minimum absolute atomic E-state index is 0.172. The Hall–Kier alpha value is -1.87. The number of halogens is 1. The van der Waals surface area contributed by atoms with E-state index < -0.39 is 0 Å². The van der Waals surface area contributed by atoms with Gasteiger partial charge in [-0.25, -0.2) is 4.39 Å². The van der Waals surface area contributed by atoms with Crippen molar-refractivity contribution < 1.29 is 9.13 Å². The average molecular weight is 259 g/mol. The van der Waals surface area contributed by atoms with Gasteiger partial charge in [0, 0.05) is 12.2 Å². The highest BCUT2D eigenvalue weighted by Crippen LogP contribution is 2.15. The van der Waals surface area contributed by atoms with Gasteiger partial charge in [-0.05, 0) is 24.5 Å². The van der Waals surface area contributed by atoms with Crippen molar-refractivity contribution in [2.45, 2.75) is 19.4 Å². The van der Waals surface area contributed by atoms with Gasteiger partial charge in [0.05, 0.1) is 12.3 Å². The second-order valence-corrected chi connectivity index (χ2v) is 4.46. The lowest BCUT2D eigenvalue weighted by Gasteiger charge is -2.07. The maximum absolute atomic E-state index is 13.6. The second-order valence-electron chi connectivity index (χ2n) is 4.46. The standard InChI is InChI=1S/C16H18FNO/c17-16-14(9-4-10-15(16)18)12-19-11-5-8-13-6-2-1-3-7-13/h1-4,6-7,9-10H,5,8,11-12,18H2. The van der Waals surface area contributed by atoms with Crippen LogP contribution in [0.1, 0.15) is 17.5 Å². The molecule has 3 heteroatoms. The SMILES string of the molecule is Nc1cccc(COCCCc2ccccc2)c1F. The minimum atomic E-state index is -0.370. The molecule has 0 atom stereocenters. The molecule has 2 aromatic carbocycles. The van der Waals surface area contributed by atoms with Crippen LogP contribution in [0.15, 0.2) is 48.5 Å². The fraction of sp³-hybridized carbons (Fsp3) is 0.250. The van der Waals surface area contributed by atoms with Crippen molar-refractivity contribution in [1.29, 1.82) is 0 Å². The van der Waals surface area contributed by atoms with E-state index in [4.69, 9.17) is 10.5 Å². The Labute approximate surface area is 113 Å². The third-order valence-electron chi connectivity index (χ3n) is 2.96. The van der Waals surface area contributed by atoms with Crippen LogP contribution in [0, 0.1) is 5.82 Å². The van der Waals surface area contributed by atoms with Gasteiger partial charge < -0.3 is 10.5 Å². The summed E-state index contributed by atoms with van der Waals surface area (Å²) in [5.41, 5.74) is 7.47. The van der Waals surface area contributed by atoms with Gasteiger partial charge in [0.1, 0.15) is 0 Å². The van der Waals surface area contributed by atoms with Crippen LogP contribution < -0.4 is 5.73 Å². The number of rotatable bonds is 6. The predicted molar refractivity (Wildman–Crippen MR) is 75.2 cm³/mol. The van der Waals surface area contributed by atoms with Gasteiger partial charge >= 0.3 is 0 Å². The Morgan fingerprint density at radius 2 is 1.79 bits per heavy atom. The Morgan fingerprint density at radius 3 is 2.58 bits per heavy atom. The van der Waals surface area contributed by atoms with Gasteiger partial charge in [0.25, 0.3) is 0 Å². The van der Waals surface area contributed by atoms with Gasteiger partial charge in [-0.1, -0.05) is 42.5 Å². The summed E-state index contributed by atoms with van der Waals surface area (Å²) in [7, 11) is 0. The number of benzene rings is 2. The first-order valence-corrected chi connectivity index (χ1v) is 6.42. The lowest BCUT2D eigenvalue weighted by molar-refractivity contribution is 0.116. The summed E-state index contributed by atoms with van der Waals surface area (Å²) in [5, 5.41) is 0. The van der Waals surface area contributed by atoms with E-state index in [0.717, 1.165) is 12.8 Å². The van der Waals surface area contributed by atoms with Crippen LogP contribution in [0.25, 0.3) is 0 Å². The van der Waals surface area contributed by atoms with E-state index in [0.29, 0.717) is 12.2 Å². The summed E-state index contributed by atoms with van der Waals surface area (Å²) in [6.07, 6.45) is 1.90. The van der Waals surface area contributed by atoms with Crippen molar-refractivity contribution in [3.63, 3.8) is 0 Å². The molecule has 0 radical (unpaired) electrons. The Morgan fingerprint density at radius 1 is 1.00 bits per heavy atom. The number of hydrogen-bond acceptors (Lipinski definition) is 2. The first kappa shape index (κ1) is 13.6. The molecule has 0 saturated carbocycles. The van der Waals surface area contributed by atoms with E-state index in [2.05, 4.69) is 12.1 Å². The molecule has 0 aliphatic heterocycles. The first-order valence-electron chi connectivity index (χ1n) is 6.42. The summed E-state index contributed by atoms with van der Waals surface area (Å²) in [4.78, 5) is 0. The fourth-order valence-electron chi connectivity index (χ4n) is 1.92. The third-order valence-corrected chi connectivity index (χ3v) is 2.96. The molecule has 100 valence electrons. The highest BCUT2D eigenvalue weighted by atomic mass is 19.1. The number of aryl methyl sites for hydroxylation is 1. The zero-order valence-corrected chi connectivity index (χ0v) is 10.8. The quantitative estimate of drug-likeness (QED) is 0.636. The summed E-state index contributed by atoms with van der Waals surface area (Å²) in [6, 6.07) is 15.2. The molecule has 0 saturated heterocycles. The van der Waals surface area contributed by atoms with E-state index in [-0.39, 0.29) is 18.1 Å². The van der Waals surface area contributed by atoms with Gasteiger partial charge in [-0.2, -0.15) is 0 Å². The van der Waals surface area contributed by atoms with Crippen molar-refractivity contribution >= 4 is 5.69 Å². The number of ether oxygens (including phenoxy) is 1. The molecular formula is C16H18FNO. The van der Waals surface area contributed by atoms with Crippen LogP contribution in [0.4, 0.5) is 10.1 Å². The van der Waals surface area contributed by atoms with E-state index >= 15 is 0 Å². The van der Waals surface area contributed by atoms with Crippen LogP contribution in [-0.2, 0) is 17.8 Å². The molecule has 0 spiro atoms. The molecule has 0 heterocycles. The highest BCUT2D eigenvalue weighted by Gasteiger charge is 2.04. The largest absolute Gasteiger partial charge is 0.396 e. The maximum atomic E-state index is 13.6. The summed E-state index contributed by atoms with van der Waals surface area (Å²) >= 11 is 0. The lowest BCUT2D eigenvalue weighted by Crippen LogP contribution is -2.01. The molecule has 0 unspecified atom stereocenters. The lowest BCUT2D eigenvalue weighted by atomic mass is 10.1. The Kier molecular flexibility index (Phi) is 4.93. The van der Waals surface area contributed by atoms with E-state index in [1.165, 1.54) is 5.56 Å². The molecular weight excluding hydrogens is 241 g/mol. The first-order chi connectivity index (χ1) is 9.27. The molecule has 0 aromatic heterocycles. The number of nitrogens with two attached hydrogens (primary N) is 1. The zero-order chi connectivity index (χ0) is 13.5. The van der Waals surface area contributed by atoms with Crippen molar-refractivity contribution in [3.8, 4) is 0 Å². The van der Waals surface area contributed by atoms with Crippen LogP contribution in [0.2, 0.25) is 0 Å². The molecule has 0 aliphatic carbocycles. The minimum Gasteiger partial charge on any atom is -0.396 e.